The Bertz CT molecular complexity index is 80.2. The first kappa shape index (κ1) is 10.9. The van der Waals surface area contributed by atoms with Crippen LogP contribution in [0.15, 0.2) is 0 Å². The van der Waals surface area contributed by atoms with Gasteiger partial charge in [0.1, 0.15) is 0 Å². The molecule has 0 aliphatic heterocycles. The Balaban J connectivity index is 3.50. The minimum Gasteiger partial charge on any atom is -0.382 e. The minimum atomic E-state index is 0.171. The van der Waals surface area contributed by atoms with E-state index < -0.39 is 0 Å². The van der Waals surface area contributed by atoms with Crippen LogP contribution in [-0.2, 0) is 9.47 Å². The van der Waals surface area contributed by atoms with E-state index in [0.717, 1.165) is 6.54 Å². The molecule has 0 aromatic carbocycles. The lowest BCUT2D eigenvalue weighted by Gasteiger charge is -2.18. The second-order valence-electron chi connectivity index (χ2n) is 2.82. The third kappa shape index (κ3) is 6.28. The zero-order chi connectivity index (χ0) is 8.69. The van der Waals surface area contributed by atoms with Crippen molar-refractivity contribution in [2.75, 3.05) is 27.3 Å². The number of nitrogens with one attached hydrogen (secondary N) is 1. The summed E-state index contributed by atoms with van der Waals surface area (Å²) in [6.07, 6.45) is 0.438. The molecule has 1 unspecified atom stereocenters. The number of hydrogen-bond donors (Lipinski definition) is 1. The zero-order valence-electron chi connectivity index (χ0n) is 7.89. The normalized spacial score (nSPS) is 13.9. The van der Waals surface area contributed by atoms with E-state index in [4.69, 9.17) is 9.47 Å². The van der Waals surface area contributed by atoms with Crippen molar-refractivity contribution >= 4 is 0 Å². The quantitative estimate of drug-likeness (QED) is 0.620. The van der Waals surface area contributed by atoms with Gasteiger partial charge in [-0.3, -0.25) is 0 Å². The van der Waals surface area contributed by atoms with Gasteiger partial charge in [0.05, 0.1) is 18.8 Å². The summed E-state index contributed by atoms with van der Waals surface area (Å²) in [4.78, 5) is 0. The van der Waals surface area contributed by atoms with Crippen LogP contribution in [0.1, 0.15) is 13.8 Å². The average molecular weight is 161 g/mol. The van der Waals surface area contributed by atoms with E-state index >= 15 is 0 Å². The summed E-state index contributed by atoms with van der Waals surface area (Å²) in [5.74, 6) is 0. The van der Waals surface area contributed by atoms with E-state index in [-0.39, 0.29) is 12.2 Å². The number of likely N-dealkylation sites (N-methyl/N-ethyl adjacent to an activating group) is 1. The van der Waals surface area contributed by atoms with Crippen LogP contribution in [0.25, 0.3) is 0 Å². The van der Waals surface area contributed by atoms with Gasteiger partial charge in [0.15, 0.2) is 0 Å². The van der Waals surface area contributed by atoms with Crippen molar-refractivity contribution in [2.45, 2.75) is 26.1 Å². The maximum atomic E-state index is 5.54. The predicted molar refractivity (Wildman–Crippen MR) is 45.8 cm³/mol. The number of methoxy groups -OCH3 is 1. The molecule has 0 saturated carbocycles. The van der Waals surface area contributed by atoms with Gasteiger partial charge in [-0.1, -0.05) is 0 Å². The summed E-state index contributed by atoms with van der Waals surface area (Å²) in [6, 6.07) is 0. The molecule has 0 aromatic rings. The number of ether oxygens (including phenoxy) is 2. The van der Waals surface area contributed by atoms with E-state index in [2.05, 4.69) is 5.32 Å². The van der Waals surface area contributed by atoms with Crippen LogP contribution in [0, 0.1) is 0 Å². The summed E-state index contributed by atoms with van der Waals surface area (Å²) in [5.41, 5.74) is 0. The van der Waals surface area contributed by atoms with Crippen molar-refractivity contribution < 1.29 is 9.47 Å². The Hall–Kier alpha value is -0.120. The van der Waals surface area contributed by atoms with Crippen molar-refractivity contribution in [3.05, 3.63) is 0 Å². The Morgan fingerprint density at radius 2 is 2.00 bits per heavy atom. The molecule has 0 saturated heterocycles. The smallest absolute Gasteiger partial charge is 0.0935 e. The van der Waals surface area contributed by atoms with E-state index in [1.165, 1.54) is 0 Å². The number of hydrogen-bond acceptors (Lipinski definition) is 3. The van der Waals surface area contributed by atoms with Crippen LogP contribution < -0.4 is 5.32 Å². The van der Waals surface area contributed by atoms with Crippen molar-refractivity contribution in [3.8, 4) is 0 Å². The maximum absolute atomic E-state index is 5.54. The van der Waals surface area contributed by atoms with Gasteiger partial charge in [-0.05, 0) is 20.9 Å². The average Bonchev–Trinajstić information content (AvgIpc) is 1.87. The molecule has 0 radical (unpaired) electrons. The Labute approximate surface area is 69.1 Å². The highest BCUT2D eigenvalue weighted by Crippen LogP contribution is 1.96. The molecular weight excluding hydrogens is 142 g/mol. The molecule has 0 fully saturated rings. The van der Waals surface area contributed by atoms with E-state index in [1.54, 1.807) is 7.11 Å². The Morgan fingerprint density at radius 3 is 2.36 bits per heavy atom. The first-order valence-corrected chi connectivity index (χ1v) is 3.99. The first-order chi connectivity index (χ1) is 5.20. The van der Waals surface area contributed by atoms with E-state index in [9.17, 15) is 0 Å². The van der Waals surface area contributed by atoms with Crippen LogP contribution >= 0.6 is 0 Å². The molecule has 0 aliphatic carbocycles. The maximum Gasteiger partial charge on any atom is 0.0935 e. The van der Waals surface area contributed by atoms with Gasteiger partial charge in [0.2, 0.25) is 0 Å². The molecule has 0 aliphatic rings. The van der Waals surface area contributed by atoms with Crippen LogP contribution in [0.3, 0.4) is 0 Å². The second kappa shape index (κ2) is 6.58. The highest BCUT2D eigenvalue weighted by atomic mass is 16.5. The van der Waals surface area contributed by atoms with Crippen molar-refractivity contribution in [1.82, 2.24) is 5.32 Å². The lowest BCUT2D eigenvalue weighted by atomic mass is 10.3. The van der Waals surface area contributed by atoms with Gasteiger partial charge in [-0.15, -0.1) is 0 Å². The molecule has 0 spiro atoms. The van der Waals surface area contributed by atoms with Gasteiger partial charge in [0, 0.05) is 13.7 Å². The second-order valence-corrected chi connectivity index (χ2v) is 2.82. The molecule has 0 heterocycles. The molecule has 68 valence electrons. The highest BCUT2D eigenvalue weighted by Gasteiger charge is 2.08. The summed E-state index contributed by atoms with van der Waals surface area (Å²) in [7, 11) is 3.60. The van der Waals surface area contributed by atoms with Crippen molar-refractivity contribution in [1.29, 1.82) is 0 Å². The van der Waals surface area contributed by atoms with Crippen LogP contribution in [0.5, 0.6) is 0 Å². The summed E-state index contributed by atoms with van der Waals surface area (Å²) in [5, 5.41) is 3.05. The molecule has 0 amide bonds. The van der Waals surface area contributed by atoms with Crippen LogP contribution in [-0.4, -0.2) is 39.5 Å². The van der Waals surface area contributed by atoms with Crippen molar-refractivity contribution in [2.24, 2.45) is 0 Å². The SMILES string of the molecule is CNCC(COC)OC(C)C. The van der Waals surface area contributed by atoms with Crippen LogP contribution in [0.4, 0.5) is 0 Å². The van der Waals surface area contributed by atoms with Gasteiger partial charge in [-0.25, -0.2) is 0 Å². The Kier molecular flexibility index (Phi) is 6.51. The monoisotopic (exact) mass is 161 g/mol. The molecule has 0 rings (SSSR count). The summed E-state index contributed by atoms with van der Waals surface area (Å²) < 4.78 is 10.5. The molecule has 3 heteroatoms. The largest absolute Gasteiger partial charge is 0.382 e. The van der Waals surface area contributed by atoms with Crippen LogP contribution in [0.2, 0.25) is 0 Å². The lowest BCUT2D eigenvalue weighted by molar-refractivity contribution is -0.0316. The zero-order valence-corrected chi connectivity index (χ0v) is 7.89. The lowest BCUT2D eigenvalue weighted by Crippen LogP contribution is -2.32. The fourth-order valence-corrected chi connectivity index (χ4v) is 0.945. The van der Waals surface area contributed by atoms with Crippen molar-refractivity contribution in [3.63, 3.8) is 0 Å². The minimum absolute atomic E-state index is 0.171. The molecule has 1 atom stereocenters. The van der Waals surface area contributed by atoms with Gasteiger partial charge >= 0.3 is 0 Å². The van der Waals surface area contributed by atoms with E-state index in [1.807, 2.05) is 20.9 Å². The third-order valence-corrected chi connectivity index (χ3v) is 1.25. The molecule has 0 bridgehead atoms. The first-order valence-electron chi connectivity index (χ1n) is 3.99. The topological polar surface area (TPSA) is 30.5 Å². The standard InChI is InChI=1S/C8H19NO2/c1-7(2)11-8(5-9-3)6-10-4/h7-9H,5-6H2,1-4H3. The number of rotatable bonds is 6. The molecule has 11 heavy (non-hydrogen) atoms. The highest BCUT2D eigenvalue weighted by molar-refractivity contribution is 4.59. The van der Waals surface area contributed by atoms with Gasteiger partial charge < -0.3 is 14.8 Å². The van der Waals surface area contributed by atoms with Gasteiger partial charge in [0.25, 0.3) is 0 Å². The summed E-state index contributed by atoms with van der Waals surface area (Å²) >= 11 is 0. The molecular formula is C8H19NO2. The molecule has 3 nitrogen and oxygen atoms in total. The Morgan fingerprint density at radius 1 is 1.36 bits per heavy atom. The van der Waals surface area contributed by atoms with Gasteiger partial charge in [-0.2, -0.15) is 0 Å². The third-order valence-electron chi connectivity index (χ3n) is 1.25. The molecule has 0 aromatic heterocycles. The van der Waals surface area contributed by atoms with E-state index in [0.29, 0.717) is 6.61 Å². The molecule has 1 N–H and O–H groups in total. The fraction of sp³-hybridized carbons (Fsp3) is 1.00. The predicted octanol–water partition coefficient (Wildman–Crippen LogP) is 0.646. The fourth-order valence-electron chi connectivity index (χ4n) is 0.945. The summed E-state index contributed by atoms with van der Waals surface area (Å²) in [6.45, 7) is 5.54.